The number of ether oxygens (including phenoxy) is 1. The predicted molar refractivity (Wildman–Crippen MR) is 94.7 cm³/mol. The molecule has 0 aliphatic carbocycles. The van der Waals surface area contributed by atoms with Crippen LogP contribution in [0.5, 0.6) is 5.75 Å². The summed E-state index contributed by atoms with van der Waals surface area (Å²) in [6.45, 7) is 0. The predicted octanol–water partition coefficient (Wildman–Crippen LogP) is 4.65. The van der Waals surface area contributed by atoms with Gasteiger partial charge in [-0.1, -0.05) is 24.3 Å². The zero-order valence-electron chi connectivity index (χ0n) is 13.8. The Balaban J connectivity index is 1.82. The minimum atomic E-state index is -0.745. The number of halogens is 2. The second-order valence-electron chi connectivity index (χ2n) is 5.63. The maximum atomic E-state index is 14.3. The minimum absolute atomic E-state index is 0.109. The Bertz CT molecular complexity index is 1090. The van der Waals surface area contributed by atoms with E-state index in [0.29, 0.717) is 11.5 Å². The molecular formula is C20H13F2N3O. The molecule has 0 aliphatic heterocycles. The van der Waals surface area contributed by atoms with Crippen molar-refractivity contribution in [2.45, 2.75) is 0 Å². The van der Waals surface area contributed by atoms with Crippen molar-refractivity contribution in [3.05, 3.63) is 72.4 Å². The first kappa shape index (κ1) is 16.1. The van der Waals surface area contributed by atoms with Crippen molar-refractivity contribution in [2.75, 3.05) is 7.11 Å². The lowest BCUT2D eigenvalue weighted by atomic mass is 10.1. The SMILES string of the molecule is COc1cc(F)c(-c2cccc(-c3ncc4ccccc4n3)n2)c(F)c1. The molecule has 26 heavy (non-hydrogen) atoms. The Labute approximate surface area is 148 Å². The summed E-state index contributed by atoms with van der Waals surface area (Å²) in [7, 11) is 1.35. The van der Waals surface area contributed by atoms with Crippen LogP contribution < -0.4 is 4.74 Å². The molecule has 0 N–H and O–H groups in total. The molecule has 4 rings (SSSR count). The van der Waals surface area contributed by atoms with Gasteiger partial charge in [0.15, 0.2) is 5.82 Å². The molecule has 128 valence electrons. The molecule has 4 aromatic rings. The van der Waals surface area contributed by atoms with Crippen LogP contribution in [0.25, 0.3) is 33.7 Å². The normalized spacial score (nSPS) is 10.9. The molecule has 2 aromatic carbocycles. The Hall–Kier alpha value is -3.41. The molecule has 2 heterocycles. The monoisotopic (exact) mass is 349 g/mol. The highest BCUT2D eigenvalue weighted by molar-refractivity contribution is 5.79. The lowest BCUT2D eigenvalue weighted by molar-refractivity contribution is 0.407. The van der Waals surface area contributed by atoms with Crippen molar-refractivity contribution in [3.63, 3.8) is 0 Å². The molecule has 0 saturated heterocycles. The van der Waals surface area contributed by atoms with Gasteiger partial charge in [-0.05, 0) is 18.2 Å². The molecule has 0 aliphatic rings. The average Bonchev–Trinajstić information content (AvgIpc) is 2.67. The van der Waals surface area contributed by atoms with E-state index in [4.69, 9.17) is 4.74 Å². The van der Waals surface area contributed by atoms with E-state index in [9.17, 15) is 8.78 Å². The average molecular weight is 349 g/mol. The number of rotatable bonds is 3. The molecule has 0 unspecified atom stereocenters. The Morgan fingerprint density at radius 3 is 2.35 bits per heavy atom. The summed E-state index contributed by atoms with van der Waals surface area (Å²) in [5, 5.41) is 0.902. The Kier molecular flexibility index (Phi) is 4.01. The van der Waals surface area contributed by atoms with Crippen LogP contribution in [0.2, 0.25) is 0 Å². The van der Waals surface area contributed by atoms with E-state index in [2.05, 4.69) is 15.0 Å². The lowest BCUT2D eigenvalue weighted by Crippen LogP contribution is -1.97. The van der Waals surface area contributed by atoms with Crippen molar-refractivity contribution >= 4 is 10.9 Å². The van der Waals surface area contributed by atoms with Crippen LogP contribution in [-0.4, -0.2) is 22.1 Å². The fourth-order valence-electron chi connectivity index (χ4n) is 2.71. The molecule has 0 spiro atoms. The van der Waals surface area contributed by atoms with Gasteiger partial charge in [0.25, 0.3) is 0 Å². The van der Waals surface area contributed by atoms with Gasteiger partial charge in [-0.2, -0.15) is 0 Å². The summed E-state index contributed by atoms with van der Waals surface area (Å²) in [5.74, 6) is -0.991. The van der Waals surface area contributed by atoms with Gasteiger partial charge in [-0.15, -0.1) is 0 Å². The number of aromatic nitrogens is 3. The number of hydrogen-bond donors (Lipinski definition) is 0. The number of methoxy groups -OCH3 is 1. The van der Waals surface area contributed by atoms with Crippen LogP contribution >= 0.6 is 0 Å². The second kappa shape index (κ2) is 6.48. The van der Waals surface area contributed by atoms with Crippen molar-refractivity contribution in [2.24, 2.45) is 0 Å². The zero-order valence-corrected chi connectivity index (χ0v) is 13.8. The van der Waals surface area contributed by atoms with Crippen LogP contribution in [0.3, 0.4) is 0 Å². The number of benzene rings is 2. The molecule has 0 bridgehead atoms. The summed E-state index contributed by atoms with van der Waals surface area (Å²) in [6, 6.07) is 14.7. The highest BCUT2D eigenvalue weighted by Crippen LogP contribution is 2.29. The zero-order chi connectivity index (χ0) is 18.1. The van der Waals surface area contributed by atoms with Crippen molar-refractivity contribution in [1.82, 2.24) is 15.0 Å². The Morgan fingerprint density at radius 2 is 1.58 bits per heavy atom. The van der Waals surface area contributed by atoms with E-state index in [1.165, 1.54) is 7.11 Å². The first-order chi connectivity index (χ1) is 12.7. The highest BCUT2D eigenvalue weighted by Gasteiger charge is 2.16. The third kappa shape index (κ3) is 2.86. The van der Waals surface area contributed by atoms with E-state index in [0.717, 1.165) is 23.0 Å². The lowest BCUT2D eigenvalue weighted by Gasteiger charge is -2.08. The van der Waals surface area contributed by atoms with Crippen LogP contribution in [0.15, 0.2) is 60.8 Å². The fourth-order valence-corrected chi connectivity index (χ4v) is 2.71. The van der Waals surface area contributed by atoms with Gasteiger partial charge >= 0.3 is 0 Å². The molecule has 0 fully saturated rings. The van der Waals surface area contributed by atoms with Gasteiger partial charge < -0.3 is 4.74 Å². The summed E-state index contributed by atoms with van der Waals surface area (Å²) in [5.41, 5.74) is 1.15. The quantitative estimate of drug-likeness (QED) is 0.540. The van der Waals surface area contributed by atoms with Crippen molar-refractivity contribution in [3.8, 4) is 28.5 Å². The van der Waals surface area contributed by atoms with Gasteiger partial charge in [0.1, 0.15) is 23.1 Å². The van der Waals surface area contributed by atoms with Gasteiger partial charge in [0.05, 0.1) is 23.9 Å². The highest BCUT2D eigenvalue weighted by atomic mass is 19.1. The number of hydrogen-bond acceptors (Lipinski definition) is 4. The van der Waals surface area contributed by atoms with E-state index >= 15 is 0 Å². The van der Waals surface area contributed by atoms with Crippen molar-refractivity contribution < 1.29 is 13.5 Å². The third-order valence-electron chi connectivity index (χ3n) is 3.97. The molecule has 0 radical (unpaired) electrons. The number of para-hydroxylation sites is 1. The summed E-state index contributed by atoms with van der Waals surface area (Å²) in [6.07, 6.45) is 1.70. The maximum Gasteiger partial charge on any atom is 0.178 e. The maximum absolute atomic E-state index is 14.3. The minimum Gasteiger partial charge on any atom is -0.497 e. The van der Waals surface area contributed by atoms with E-state index in [-0.39, 0.29) is 17.0 Å². The molecule has 6 heteroatoms. The molecule has 0 saturated carbocycles. The molecule has 0 amide bonds. The number of nitrogens with zero attached hydrogens (tertiary/aromatic N) is 3. The summed E-state index contributed by atoms with van der Waals surface area (Å²) in [4.78, 5) is 13.1. The molecule has 4 nitrogen and oxygen atoms in total. The molecular weight excluding hydrogens is 336 g/mol. The second-order valence-corrected chi connectivity index (χ2v) is 5.63. The Morgan fingerprint density at radius 1 is 0.846 bits per heavy atom. The van der Waals surface area contributed by atoms with Crippen LogP contribution in [0.4, 0.5) is 8.78 Å². The summed E-state index contributed by atoms with van der Waals surface area (Å²) >= 11 is 0. The van der Waals surface area contributed by atoms with Gasteiger partial charge in [0.2, 0.25) is 0 Å². The van der Waals surface area contributed by atoms with Gasteiger partial charge in [0, 0.05) is 23.7 Å². The first-order valence-electron chi connectivity index (χ1n) is 7.88. The van der Waals surface area contributed by atoms with Crippen molar-refractivity contribution in [1.29, 1.82) is 0 Å². The smallest absolute Gasteiger partial charge is 0.178 e. The van der Waals surface area contributed by atoms with E-state index in [1.54, 1.807) is 24.4 Å². The standard InChI is InChI=1S/C20H13F2N3O/c1-26-13-9-14(21)19(15(22)10-13)17-7-4-8-18(24-17)20-23-11-12-5-2-3-6-16(12)25-20/h2-11H,1H3. The van der Waals surface area contributed by atoms with E-state index in [1.807, 2.05) is 24.3 Å². The molecule has 0 atom stereocenters. The number of fused-ring (bicyclic) bond motifs is 1. The summed E-state index contributed by atoms with van der Waals surface area (Å²) < 4.78 is 33.5. The topological polar surface area (TPSA) is 47.9 Å². The van der Waals surface area contributed by atoms with Crippen LogP contribution in [-0.2, 0) is 0 Å². The number of pyridine rings is 1. The van der Waals surface area contributed by atoms with E-state index < -0.39 is 11.6 Å². The largest absolute Gasteiger partial charge is 0.497 e. The first-order valence-corrected chi connectivity index (χ1v) is 7.88. The fraction of sp³-hybridized carbons (Fsp3) is 0.0500. The van der Waals surface area contributed by atoms with Crippen LogP contribution in [0.1, 0.15) is 0 Å². The van der Waals surface area contributed by atoms with Gasteiger partial charge in [-0.3, -0.25) is 0 Å². The van der Waals surface area contributed by atoms with Crippen LogP contribution in [0, 0.1) is 11.6 Å². The molecule has 2 aromatic heterocycles. The third-order valence-corrected chi connectivity index (χ3v) is 3.97. The van der Waals surface area contributed by atoms with Gasteiger partial charge in [-0.25, -0.2) is 23.7 Å².